The van der Waals surface area contributed by atoms with Gasteiger partial charge in [-0.05, 0) is 79.4 Å². The summed E-state index contributed by atoms with van der Waals surface area (Å²) in [6, 6.07) is 62.3. The zero-order chi connectivity index (χ0) is 31.6. The van der Waals surface area contributed by atoms with Crippen molar-refractivity contribution in [2.45, 2.75) is 24.7 Å². The summed E-state index contributed by atoms with van der Waals surface area (Å²) < 4.78 is 0. The molecule has 2 aliphatic rings. The second-order valence-corrected chi connectivity index (χ2v) is 13.4. The van der Waals surface area contributed by atoms with Crippen molar-refractivity contribution in [1.29, 1.82) is 0 Å². The van der Waals surface area contributed by atoms with E-state index in [0.717, 1.165) is 11.4 Å². The number of anilines is 2. The summed E-state index contributed by atoms with van der Waals surface area (Å²) in [7, 11) is 0. The zero-order valence-corrected chi connectivity index (χ0v) is 26.7. The SMILES string of the molecule is CC1(C)c2ccccc2-c2c(-c3cccc(Nc4cccc5c4-c4ccccc4C5(c4ccccc4)c4ccccc4)c3)cccc21. The van der Waals surface area contributed by atoms with E-state index in [-0.39, 0.29) is 5.41 Å². The smallest absolute Gasteiger partial charge is 0.0714 e. The summed E-state index contributed by atoms with van der Waals surface area (Å²) in [4.78, 5) is 0. The lowest BCUT2D eigenvalue weighted by Crippen LogP contribution is -2.28. The third kappa shape index (κ3) is 3.96. The summed E-state index contributed by atoms with van der Waals surface area (Å²) >= 11 is 0. The molecule has 224 valence electrons. The molecule has 1 heteroatoms. The van der Waals surface area contributed by atoms with Crippen molar-refractivity contribution in [2.24, 2.45) is 0 Å². The number of rotatable bonds is 5. The molecule has 7 aromatic rings. The maximum absolute atomic E-state index is 3.90. The third-order valence-electron chi connectivity index (χ3n) is 10.5. The van der Waals surface area contributed by atoms with Crippen LogP contribution in [-0.2, 0) is 10.8 Å². The van der Waals surface area contributed by atoms with Gasteiger partial charge in [0.25, 0.3) is 0 Å². The molecule has 0 fully saturated rings. The van der Waals surface area contributed by atoms with E-state index in [4.69, 9.17) is 0 Å². The Labute approximate surface area is 277 Å². The molecule has 0 bridgehead atoms. The van der Waals surface area contributed by atoms with Gasteiger partial charge >= 0.3 is 0 Å². The summed E-state index contributed by atoms with van der Waals surface area (Å²) in [6.07, 6.45) is 0. The van der Waals surface area contributed by atoms with Crippen LogP contribution in [0, 0.1) is 0 Å². The van der Waals surface area contributed by atoms with Gasteiger partial charge in [-0.1, -0.05) is 166 Å². The molecule has 47 heavy (non-hydrogen) atoms. The number of nitrogens with one attached hydrogen (secondary N) is 1. The standard InChI is InChI=1S/C46H35N/c1-45(2)38-25-11-9-22-36(38)43-35(24-14-27-40(43)45)31-16-13-21-34(30-31)47-42-29-15-28-41-44(42)37-23-10-12-26-39(37)46(41,32-17-5-3-6-18-32)33-19-7-4-8-20-33/h3-30,47H,1-2H3. The summed E-state index contributed by atoms with van der Waals surface area (Å²) in [5.41, 5.74) is 17.4. The Morgan fingerprint density at radius 3 is 1.66 bits per heavy atom. The van der Waals surface area contributed by atoms with Crippen molar-refractivity contribution in [1.82, 2.24) is 0 Å². The Morgan fingerprint density at radius 2 is 0.936 bits per heavy atom. The Morgan fingerprint density at radius 1 is 0.404 bits per heavy atom. The fraction of sp³-hybridized carbons (Fsp3) is 0.0870. The fourth-order valence-electron chi connectivity index (χ4n) is 8.51. The van der Waals surface area contributed by atoms with Gasteiger partial charge in [0.1, 0.15) is 0 Å². The minimum atomic E-state index is -0.418. The molecule has 1 nitrogen and oxygen atoms in total. The lowest BCUT2D eigenvalue weighted by Gasteiger charge is -2.33. The minimum absolute atomic E-state index is 0.0280. The van der Waals surface area contributed by atoms with E-state index in [0.29, 0.717) is 0 Å². The molecular weight excluding hydrogens is 567 g/mol. The highest BCUT2D eigenvalue weighted by Gasteiger charge is 2.46. The van der Waals surface area contributed by atoms with Gasteiger partial charge in [0, 0.05) is 22.4 Å². The van der Waals surface area contributed by atoms with E-state index < -0.39 is 5.41 Å². The van der Waals surface area contributed by atoms with Gasteiger partial charge in [-0.2, -0.15) is 0 Å². The quantitative estimate of drug-likeness (QED) is 0.207. The van der Waals surface area contributed by atoms with Crippen LogP contribution in [0.4, 0.5) is 11.4 Å². The average Bonchev–Trinajstić information content (AvgIpc) is 3.56. The monoisotopic (exact) mass is 601 g/mol. The van der Waals surface area contributed by atoms with Gasteiger partial charge in [-0.3, -0.25) is 0 Å². The van der Waals surface area contributed by atoms with Gasteiger partial charge in [0.15, 0.2) is 0 Å². The van der Waals surface area contributed by atoms with Crippen LogP contribution in [-0.4, -0.2) is 0 Å². The highest BCUT2D eigenvalue weighted by atomic mass is 14.9. The summed E-state index contributed by atoms with van der Waals surface area (Å²) in [6.45, 7) is 4.69. The molecule has 0 saturated heterocycles. The van der Waals surface area contributed by atoms with Crippen LogP contribution in [0.15, 0.2) is 170 Å². The Hall–Kier alpha value is -5.66. The summed E-state index contributed by atoms with van der Waals surface area (Å²) in [5.74, 6) is 0. The van der Waals surface area contributed by atoms with Crippen LogP contribution >= 0.6 is 0 Å². The highest BCUT2D eigenvalue weighted by Crippen LogP contribution is 2.58. The van der Waals surface area contributed by atoms with E-state index in [2.05, 4.69) is 189 Å². The van der Waals surface area contributed by atoms with Gasteiger partial charge in [-0.25, -0.2) is 0 Å². The topological polar surface area (TPSA) is 12.0 Å². The van der Waals surface area contributed by atoms with Crippen LogP contribution in [0.3, 0.4) is 0 Å². The van der Waals surface area contributed by atoms with Crippen molar-refractivity contribution < 1.29 is 0 Å². The molecule has 0 amide bonds. The second kappa shape index (κ2) is 10.4. The lowest BCUT2D eigenvalue weighted by molar-refractivity contribution is 0.660. The van der Waals surface area contributed by atoms with Crippen LogP contribution in [0.2, 0.25) is 0 Å². The van der Waals surface area contributed by atoms with E-state index in [1.54, 1.807) is 0 Å². The normalized spacial score (nSPS) is 14.5. The fourth-order valence-corrected chi connectivity index (χ4v) is 8.51. The van der Waals surface area contributed by atoms with Gasteiger partial charge in [0.2, 0.25) is 0 Å². The van der Waals surface area contributed by atoms with Crippen molar-refractivity contribution in [3.05, 3.63) is 203 Å². The van der Waals surface area contributed by atoms with Gasteiger partial charge in [-0.15, -0.1) is 0 Å². The van der Waals surface area contributed by atoms with Crippen LogP contribution in [0.5, 0.6) is 0 Å². The largest absolute Gasteiger partial charge is 0.355 e. The third-order valence-corrected chi connectivity index (χ3v) is 10.5. The van der Waals surface area contributed by atoms with Crippen molar-refractivity contribution in [3.8, 4) is 33.4 Å². The maximum atomic E-state index is 3.90. The van der Waals surface area contributed by atoms with Crippen LogP contribution in [0.25, 0.3) is 33.4 Å². The number of hydrogen-bond acceptors (Lipinski definition) is 1. The van der Waals surface area contributed by atoms with E-state index >= 15 is 0 Å². The second-order valence-electron chi connectivity index (χ2n) is 13.4. The molecule has 7 aromatic carbocycles. The highest BCUT2D eigenvalue weighted by molar-refractivity contribution is 5.96. The number of hydrogen-bond donors (Lipinski definition) is 1. The first kappa shape index (κ1) is 27.6. The minimum Gasteiger partial charge on any atom is -0.355 e. The molecular formula is C46H35N. The first-order valence-electron chi connectivity index (χ1n) is 16.5. The molecule has 0 unspecified atom stereocenters. The zero-order valence-electron chi connectivity index (χ0n) is 26.7. The molecule has 0 saturated carbocycles. The van der Waals surface area contributed by atoms with Crippen molar-refractivity contribution in [2.75, 3.05) is 5.32 Å². The molecule has 2 aliphatic carbocycles. The lowest BCUT2D eigenvalue weighted by atomic mass is 9.68. The van der Waals surface area contributed by atoms with Gasteiger partial charge in [0.05, 0.1) is 5.41 Å². The van der Waals surface area contributed by atoms with E-state index in [1.165, 1.54) is 66.8 Å². The molecule has 0 aliphatic heterocycles. The predicted octanol–water partition coefficient (Wildman–Crippen LogP) is 11.8. The van der Waals surface area contributed by atoms with Crippen molar-refractivity contribution in [3.63, 3.8) is 0 Å². The molecule has 0 aromatic heterocycles. The first-order valence-corrected chi connectivity index (χ1v) is 16.5. The molecule has 0 heterocycles. The van der Waals surface area contributed by atoms with E-state index in [1.807, 2.05) is 0 Å². The molecule has 1 N–H and O–H groups in total. The Kier molecular flexibility index (Phi) is 6.14. The Bertz CT molecular complexity index is 2260. The molecule has 0 spiro atoms. The Balaban J connectivity index is 1.20. The van der Waals surface area contributed by atoms with Crippen LogP contribution in [0.1, 0.15) is 47.2 Å². The van der Waals surface area contributed by atoms with Crippen LogP contribution < -0.4 is 5.32 Å². The maximum Gasteiger partial charge on any atom is 0.0714 e. The number of benzene rings is 7. The molecule has 9 rings (SSSR count). The van der Waals surface area contributed by atoms with E-state index in [9.17, 15) is 0 Å². The average molecular weight is 602 g/mol. The van der Waals surface area contributed by atoms with Crippen molar-refractivity contribution >= 4 is 11.4 Å². The molecule has 0 atom stereocenters. The van der Waals surface area contributed by atoms with Gasteiger partial charge < -0.3 is 5.32 Å². The first-order chi connectivity index (χ1) is 23.1. The number of fused-ring (bicyclic) bond motifs is 6. The predicted molar refractivity (Wildman–Crippen MR) is 196 cm³/mol. The molecule has 0 radical (unpaired) electrons. The summed E-state index contributed by atoms with van der Waals surface area (Å²) in [5, 5.41) is 3.90.